The summed E-state index contributed by atoms with van der Waals surface area (Å²) >= 11 is 1.82. The van der Waals surface area contributed by atoms with Crippen LogP contribution in [0.25, 0.3) is 0 Å². The molecule has 0 aromatic heterocycles. The monoisotopic (exact) mass is 250 g/mol. The minimum Gasteiger partial charge on any atom is -0.381 e. The van der Waals surface area contributed by atoms with Gasteiger partial charge in [0.2, 0.25) is 0 Å². The zero-order valence-corrected chi connectivity index (χ0v) is 11.6. The first-order valence-corrected chi connectivity index (χ1v) is 7.68. The molecule has 1 N–H and O–H groups in total. The lowest BCUT2D eigenvalue weighted by Gasteiger charge is -2.32. The summed E-state index contributed by atoms with van der Waals surface area (Å²) in [4.78, 5) is 3.88. The highest BCUT2D eigenvalue weighted by atomic mass is 32.2. The number of anilines is 1. The Morgan fingerprint density at radius 2 is 2.00 bits per heavy atom. The highest BCUT2D eigenvalue weighted by molar-refractivity contribution is 7.98. The number of hydrogen-bond acceptors (Lipinski definition) is 3. The van der Waals surface area contributed by atoms with Crippen LogP contribution < -0.4 is 5.32 Å². The maximum atomic E-state index is 3.70. The van der Waals surface area contributed by atoms with Crippen molar-refractivity contribution in [3.8, 4) is 0 Å². The summed E-state index contributed by atoms with van der Waals surface area (Å²) in [5, 5.41) is 3.70. The molecule has 0 aliphatic carbocycles. The Hall–Kier alpha value is -0.670. The van der Waals surface area contributed by atoms with E-state index >= 15 is 0 Å². The number of para-hydroxylation sites is 1. The molecule has 0 radical (unpaired) electrons. The lowest BCUT2D eigenvalue weighted by molar-refractivity contribution is 0.229. The molecule has 3 heteroatoms. The fraction of sp³-hybridized carbons (Fsp3) is 0.571. The first-order chi connectivity index (χ1) is 8.33. The van der Waals surface area contributed by atoms with E-state index in [1.165, 1.54) is 43.1 Å². The van der Waals surface area contributed by atoms with E-state index in [0.29, 0.717) is 6.04 Å². The summed E-state index contributed by atoms with van der Waals surface area (Å²) in [5.74, 6) is 0. The van der Waals surface area contributed by atoms with Crippen LogP contribution in [-0.4, -0.2) is 36.8 Å². The summed E-state index contributed by atoms with van der Waals surface area (Å²) in [6.45, 7) is 5.90. The topological polar surface area (TPSA) is 15.3 Å². The van der Waals surface area contributed by atoms with Crippen molar-refractivity contribution in [3.05, 3.63) is 24.3 Å². The highest BCUT2D eigenvalue weighted by Crippen LogP contribution is 2.26. The molecule has 1 heterocycles. The zero-order chi connectivity index (χ0) is 12.1. The van der Waals surface area contributed by atoms with Crippen LogP contribution in [0, 0.1) is 0 Å². The summed E-state index contributed by atoms with van der Waals surface area (Å²) in [6, 6.07) is 9.25. The van der Waals surface area contributed by atoms with Crippen LogP contribution in [0.15, 0.2) is 29.2 Å². The average Bonchev–Trinajstić information content (AvgIpc) is 2.40. The van der Waals surface area contributed by atoms with E-state index in [-0.39, 0.29) is 0 Å². The molecule has 0 amide bonds. The molecular formula is C14H22N2S. The van der Waals surface area contributed by atoms with Gasteiger partial charge in [-0.1, -0.05) is 19.1 Å². The number of hydrogen-bond donors (Lipinski definition) is 1. The van der Waals surface area contributed by atoms with Crippen LogP contribution in [0.1, 0.15) is 19.8 Å². The largest absolute Gasteiger partial charge is 0.381 e. The molecule has 0 atom stereocenters. The third kappa shape index (κ3) is 3.39. The molecule has 1 aromatic rings. The number of rotatable bonds is 4. The highest BCUT2D eigenvalue weighted by Gasteiger charge is 2.18. The summed E-state index contributed by atoms with van der Waals surface area (Å²) in [5.41, 5.74) is 1.30. The molecule has 0 spiro atoms. The van der Waals surface area contributed by atoms with Gasteiger partial charge in [-0.2, -0.15) is 0 Å². The number of nitrogens with one attached hydrogen (secondary N) is 1. The van der Waals surface area contributed by atoms with Crippen molar-refractivity contribution in [1.29, 1.82) is 0 Å². The molecule has 1 aliphatic rings. The predicted molar refractivity (Wildman–Crippen MR) is 77.0 cm³/mol. The molecule has 1 aromatic carbocycles. The summed E-state index contributed by atoms with van der Waals surface area (Å²) < 4.78 is 0. The molecule has 2 nitrogen and oxygen atoms in total. The van der Waals surface area contributed by atoms with Gasteiger partial charge in [0, 0.05) is 29.7 Å². The molecule has 0 saturated carbocycles. The second kappa shape index (κ2) is 6.31. The summed E-state index contributed by atoms with van der Waals surface area (Å²) in [7, 11) is 0. The molecule has 1 saturated heterocycles. The number of piperidine rings is 1. The second-order valence-corrected chi connectivity index (χ2v) is 5.40. The quantitative estimate of drug-likeness (QED) is 0.825. The van der Waals surface area contributed by atoms with Gasteiger partial charge in [-0.05, 0) is 37.8 Å². The lowest BCUT2D eigenvalue weighted by atomic mass is 10.0. The van der Waals surface area contributed by atoms with Crippen LogP contribution >= 0.6 is 11.8 Å². The third-order valence-electron chi connectivity index (χ3n) is 3.50. The van der Waals surface area contributed by atoms with Gasteiger partial charge in [0.05, 0.1) is 0 Å². The minimum absolute atomic E-state index is 0.645. The van der Waals surface area contributed by atoms with Crippen LogP contribution in [0.5, 0.6) is 0 Å². The maximum Gasteiger partial charge on any atom is 0.0480 e. The van der Waals surface area contributed by atoms with Gasteiger partial charge in [0.15, 0.2) is 0 Å². The van der Waals surface area contributed by atoms with Crippen molar-refractivity contribution in [1.82, 2.24) is 4.90 Å². The van der Waals surface area contributed by atoms with E-state index < -0.39 is 0 Å². The van der Waals surface area contributed by atoms with E-state index in [2.05, 4.69) is 47.7 Å². The maximum absolute atomic E-state index is 3.70. The number of nitrogens with zero attached hydrogens (tertiary/aromatic N) is 1. The minimum atomic E-state index is 0.645. The molecular weight excluding hydrogens is 228 g/mol. The molecule has 1 fully saturated rings. The van der Waals surface area contributed by atoms with E-state index in [4.69, 9.17) is 0 Å². The Morgan fingerprint density at radius 1 is 1.29 bits per heavy atom. The zero-order valence-electron chi connectivity index (χ0n) is 10.8. The van der Waals surface area contributed by atoms with Gasteiger partial charge in [-0.25, -0.2) is 0 Å². The van der Waals surface area contributed by atoms with Gasteiger partial charge in [0.1, 0.15) is 0 Å². The smallest absolute Gasteiger partial charge is 0.0480 e. The predicted octanol–water partition coefficient (Wildman–Crippen LogP) is 3.30. The van der Waals surface area contributed by atoms with Crippen LogP contribution in [-0.2, 0) is 0 Å². The van der Waals surface area contributed by atoms with Gasteiger partial charge >= 0.3 is 0 Å². The van der Waals surface area contributed by atoms with Crippen molar-refractivity contribution in [2.45, 2.75) is 30.7 Å². The van der Waals surface area contributed by atoms with Crippen molar-refractivity contribution in [3.63, 3.8) is 0 Å². The van der Waals surface area contributed by atoms with Gasteiger partial charge < -0.3 is 10.2 Å². The van der Waals surface area contributed by atoms with Gasteiger partial charge in [-0.15, -0.1) is 11.8 Å². The molecule has 17 heavy (non-hydrogen) atoms. The number of likely N-dealkylation sites (tertiary alicyclic amines) is 1. The van der Waals surface area contributed by atoms with Crippen LogP contribution in [0.3, 0.4) is 0 Å². The number of benzene rings is 1. The van der Waals surface area contributed by atoms with E-state index in [9.17, 15) is 0 Å². The van der Waals surface area contributed by atoms with E-state index in [1.54, 1.807) is 0 Å². The lowest BCUT2D eigenvalue weighted by Crippen LogP contribution is -2.38. The Morgan fingerprint density at radius 3 is 2.65 bits per heavy atom. The van der Waals surface area contributed by atoms with E-state index in [1.807, 2.05) is 11.8 Å². The van der Waals surface area contributed by atoms with Gasteiger partial charge in [0.25, 0.3) is 0 Å². The fourth-order valence-corrected chi connectivity index (χ4v) is 2.94. The molecule has 0 bridgehead atoms. The molecule has 2 rings (SSSR count). The van der Waals surface area contributed by atoms with Crippen molar-refractivity contribution in [2.24, 2.45) is 0 Å². The standard InChI is InChI=1S/C14H22N2S/c1-3-16-10-8-12(9-11-16)15-13-6-4-5-7-14(13)17-2/h4-7,12,15H,3,8-11H2,1-2H3. The molecule has 1 aliphatic heterocycles. The SMILES string of the molecule is CCN1CCC(Nc2ccccc2SC)CC1. The summed E-state index contributed by atoms with van der Waals surface area (Å²) in [6.07, 6.45) is 4.66. The Balaban J connectivity index is 1.93. The Kier molecular flexibility index (Phi) is 4.75. The Bertz CT molecular complexity index is 346. The van der Waals surface area contributed by atoms with E-state index in [0.717, 1.165) is 0 Å². The molecule has 94 valence electrons. The molecule has 0 unspecified atom stereocenters. The Labute approximate surface area is 109 Å². The third-order valence-corrected chi connectivity index (χ3v) is 4.30. The normalized spacial score (nSPS) is 18.2. The van der Waals surface area contributed by atoms with Crippen molar-refractivity contribution < 1.29 is 0 Å². The number of thioether (sulfide) groups is 1. The fourth-order valence-electron chi connectivity index (χ4n) is 2.38. The second-order valence-electron chi connectivity index (χ2n) is 4.55. The van der Waals surface area contributed by atoms with Crippen molar-refractivity contribution >= 4 is 17.4 Å². The van der Waals surface area contributed by atoms with Crippen LogP contribution in [0.2, 0.25) is 0 Å². The van der Waals surface area contributed by atoms with Crippen molar-refractivity contribution in [2.75, 3.05) is 31.2 Å². The first-order valence-electron chi connectivity index (χ1n) is 6.45. The first kappa shape index (κ1) is 12.8. The average molecular weight is 250 g/mol. The van der Waals surface area contributed by atoms with Gasteiger partial charge in [-0.3, -0.25) is 0 Å². The van der Waals surface area contributed by atoms with Crippen LogP contribution in [0.4, 0.5) is 5.69 Å².